The third-order valence-corrected chi connectivity index (χ3v) is 8.47. The van der Waals surface area contributed by atoms with Gasteiger partial charge in [-0.3, -0.25) is 9.69 Å². The van der Waals surface area contributed by atoms with Crippen molar-refractivity contribution in [3.05, 3.63) is 48.1 Å². The minimum Gasteiger partial charge on any atom is -0.478 e. The first-order valence-corrected chi connectivity index (χ1v) is 15.9. The van der Waals surface area contributed by atoms with Crippen molar-refractivity contribution < 1.29 is 33.7 Å². The lowest BCUT2D eigenvalue weighted by Crippen LogP contribution is -2.62. The van der Waals surface area contributed by atoms with Crippen LogP contribution in [0.15, 0.2) is 36.7 Å². The van der Waals surface area contributed by atoms with Gasteiger partial charge in [-0.1, -0.05) is 13.8 Å². The highest BCUT2D eigenvalue weighted by Gasteiger charge is 2.50. The molecule has 2 aliphatic rings. The second-order valence-corrected chi connectivity index (χ2v) is 13.0. The van der Waals surface area contributed by atoms with Crippen molar-refractivity contribution in [1.29, 1.82) is 0 Å². The Morgan fingerprint density at radius 1 is 1.09 bits per heavy atom. The fraction of sp³-hybridized carbons (Fsp3) is 0.576. The van der Waals surface area contributed by atoms with Crippen molar-refractivity contribution in [2.75, 3.05) is 58.3 Å². The van der Waals surface area contributed by atoms with Gasteiger partial charge in [0.25, 0.3) is 11.8 Å². The van der Waals surface area contributed by atoms with Crippen LogP contribution in [0.3, 0.4) is 0 Å². The zero-order chi connectivity index (χ0) is 34.9. The van der Waals surface area contributed by atoms with E-state index < -0.39 is 17.8 Å². The van der Waals surface area contributed by atoms with Gasteiger partial charge in [0.15, 0.2) is 5.82 Å². The molecule has 0 bridgehead atoms. The number of aromatic nitrogens is 3. The molecular weight excluding hydrogens is 609 g/mol. The third-order valence-electron chi connectivity index (χ3n) is 8.47. The van der Waals surface area contributed by atoms with E-state index in [0.29, 0.717) is 36.5 Å². The number of hydrogen-bond donors (Lipinski definition) is 2. The van der Waals surface area contributed by atoms with Gasteiger partial charge in [-0.05, 0) is 78.4 Å². The molecule has 13 nitrogen and oxygen atoms in total. The number of carbonyl (C=O) groups is 3. The molecule has 2 aliphatic heterocycles. The van der Waals surface area contributed by atoms with Crippen molar-refractivity contribution >= 4 is 23.7 Å². The van der Waals surface area contributed by atoms with E-state index in [1.165, 1.54) is 30.9 Å². The maximum absolute atomic E-state index is 14.2. The van der Waals surface area contributed by atoms with Gasteiger partial charge in [-0.2, -0.15) is 0 Å². The van der Waals surface area contributed by atoms with Gasteiger partial charge >= 0.3 is 11.9 Å². The van der Waals surface area contributed by atoms with Gasteiger partial charge in [-0.15, -0.1) is 10.2 Å². The maximum atomic E-state index is 14.2. The number of benzene rings is 1. The minimum atomic E-state index is -1.26. The summed E-state index contributed by atoms with van der Waals surface area (Å²) in [7, 11) is 4.27. The number of aliphatic carboxylic acids is 2. The molecule has 2 N–H and O–H groups in total. The molecule has 1 spiro atoms. The van der Waals surface area contributed by atoms with Gasteiger partial charge < -0.3 is 29.6 Å². The van der Waals surface area contributed by atoms with E-state index in [1.54, 1.807) is 4.90 Å². The molecule has 1 aromatic carbocycles. The van der Waals surface area contributed by atoms with Crippen LogP contribution in [0.1, 0.15) is 57.8 Å². The van der Waals surface area contributed by atoms with E-state index >= 15 is 0 Å². The second-order valence-electron chi connectivity index (χ2n) is 13.0. The van der Waals surface area contributed by atoms with Gasteiger partial charge in [0.2, 0.25) is 0 Å². The Bertz CT molecular complexity index is 1400. The van der Waals surface area contributed by atoms with Crippen molar-refractivity contribution in [2.45, 2.75) is 59.5 Å². The van der Waals surface area contributed by atoms with Crippen LogP contribution in [-0.4, -0.2) is 123 Å². The predicted octanol–water partition coefficient (Wildman–Crippen LogP) is 3.87. The van der Waals surface area contributed by atoms with Crippen LogP contribution in [0.2, 0.25) is 0 Å². The number of ether oxygens (including phenoxy) is 1. The highest BCUT2D eigenvalue weighted by Crippen LogP contribution is 2.44. The van der Waals surface area contributed by atoms with Crippen molar-refractivity contribution in [2.24, 2.45) is 11.3 Å². The fourth-order valence-electron chi connectivity index (χ4n) is 6.20. The summed E-state index contributed by atoms with van der Waals surface area (Å²) in [6, 6.07) is 4.53. The van der Waals surface area contributed by atoms with Crippen molar-refractivity contribution in [3.63, 3.8) is 0 Å². The first-order valence-electron chi connectivity index (χ1n) is 15.9. The Morgan fingerprint density at radius 2 is 1.74 bits per heavy atom. The number of carboxylic acid groups (broad SMARTS) is 2. The summed E-state index contributed by atoms with van der Waals surface area (Å²) in [5.74, 6) is -1.61. The molecule has 258 valence electrons. The third kappa shape index (κ3) is 10.2. The first-order chi connectivity index (χ1) is 22.2. The number of nitrogens with zero attached hydrogens (tertiary/aromatic N) is 7. The molecule has 4 rings (SSSR count). The summed E-state index contributed by atoms with van der Waals surface area (Å²) in [6.45, 7) is 15.9. The monoisotopic (exact) mass is 657 g/mol. The topological polar surface area (TPSA) is 153 Å². The molecule has 0 saturated carbocycles. The van der Waals surface area contributed by atoms with Crippen LogP contribution < -0.4 is 9.64 Å². The number of halogens is 1. The van der Waals surface area contributed by atoms with E-state index in [4.69, 9.17) is 14.9 Å². The average Bonchev–Trinajstić information content (AvgIpc) is 3.43. The van der Waals surface area contributed by atoms with Gasteiger partial charge in [0, 0.05) is 62.4 Å². The largest absolute Gasteiger partial charge is 0.478 e. The van der Waals surface area contributed by atoms with E-state index in [-0.39, 0.29) is 34.6 Å². The lowest BCUT2D eigenvalue weighted by molar-refractivity contribution is -0.134. The van der Waals surface area contributed by atoms with E-state index in [9.17, 15) is 18.8 Å². The minimum absolute atomic E-state index is 0.0339. The number of carboxylic acids is 2. The fourth-order valence-corrected chi connectivity index (χ4v) is 6.20. The molecule has 1 unspecified atom stereocenters. The summed E-state index contributed by atoms with van der Waals surface area (Å²) in [5, 5.41) is 23.8. The number of likely N-dealkylation sites (tertiary alicyclic amines) is 1. The molecule has 47 heavy (non-hydrogen) atoms. The molecule has 1 aromatic heterocycles. The number of amides is 1. The van der Waals surface area contributed by atoms with Crippen LogP contribution in [0, 0.1) is 17.2 Å². The summed E-state index contributed by atoms with van der Waals surface area (Å²) in [6.07, 6.45) is 4.78. The summed E-state index contributed by atoms with van der Waals surface area (Å²) >= 11 is 0. The van der Waals surface area contributed by atoms with Crippen LogP contribution in [-0.2, 0) is 9.59 Å². The molecule has 2 fully saturated rings. The lowest BCUT2D eigenvalue weighted by Gasteiger charge is -2.53. The smallest absolute Gasteiger partial charge is 0.328 e. The van der Waals surface area contributed by atoms with Crippen LogP contribution >= 0.6 is 0 Å². The summed E-state index contributed by atoms with van der Waals surface area (Å²) in [4.78, 5) is 45.7. The molecule has 1 amide bonds. The lowest BCUT2D eigenvalue weighted by atomic mass is 9.76. The Morgan fingerprint density at radius 3 is 2.30 bits per heavy atom. The normalized spacial score (nSPS) is 16.4. The number of rotatable bonds is 13. The van der Waals surface area contributed by atoms with Gasteiger partial charge in [0.1, 0.15) is 17.9 Å². The maximum Gasteiger partial charge on any atom is 0.328 e. The molecular formula is C33H48FN7O6. The SMILES string of the molecule is CCN(C(=O)c1cc(F)ccc1Oc1nncnc1N1CCC2(C1)CN(C(CCN(C)C)C(C)C)C2)C(C)C.O=C(O)/C=C/C(=O)O. The van der Waals surface area contributed by atoms with Gasteiger partial charge in [0.05, 0.1) is 5.56 Å². The number of anilines is 1. The second kappa shape index (κ2) is 16.6. The molecule has 2 aromatic rings. The molecule has 14 heteroatoms. The average molecular weight is 658 g/mol. The van der Waals surface area contributed by atoms with Crippen molar-refractivity contribution in [3.8, 4) is 11.6 Å². The highest BCUT2D eigenvalue weighted by molar-refractivity contribution is 5.97. The molecule has 0 radical (unpaired) electrons. The summed E-state index contributed by atoms with van der Waals surface area (Å²) < 4.78 is 20.4. The molecule has 1 atom stereocenters. The predicted molar refractivity (Wildman–Crippen MR) is 175 cm³/mol. The first kappa shape index (κ1) is 37.3. The van der Waals surface area contributed by atoms with E-state index in [2.05, 4.69) is 57.8 Å². The number of hydrogen-bond acceptors (Lipinski definition) is 10. The Balaban J connectivity index is 0.000000665. The molecule has 2 saturated heterocycles. The van der Waals surface area contributed by atoms with E-state index in [0.717, 1.165) is 39.1 Å². The zero-order valence-electron chi connectivity index (χ0n) is 28.4. The highest BCUT2D eigenvalue weighted by atomic mass is 19.1. The Hall–Kier alpha value is -4.17. The quantitative estimate of drug-likeness (QED) is 0.301. The van der Waals surface area contributed by atoms with E-state index in [1.807, 2.05) is 20.8 Å². The molecule has 3 heterocycles. The van der Waals surface area contributed by atoms with Gasteiger partial charge in [-0.25, -0.2) is 19.0 Å². The number of carbonyl (C=O) groups excluding carboxylic acids is 1. The summed E-state index contributed by atoms with van der Waals surface area (Å²) in [5.41, 5.74) is 0.385. The Kier molecular flexibility index (Phi) is 13.2. The van der Waals surface area contributed by atoms with Crippen LogP contribution in [0.25, 0.3) is 0 Å². The Labute approximate surface area is 276 Å². The van der Waals surface area contributed by atoms with Crippen molar-refractivity contribution in [1.82, 2.24) is 29.9 Å². The zero-order valence-corrected chi connectivity index (χ0v) is 28.4. The van der Waals surface area contributed by atoms with Crippen LogP contribution in [0.5, 0.6) is 11.6 Å². The molecule has 0 aliphatic carbocycles. The van der Waals surface area contributed by atoms with Crippen LogP contribution in [0.4, 0.5) is 10.2 Å². The standard InChI is InChI=1S/C29H44FN7O2.C4H4O4/c1-8-37(21(4)5)28(38)23-15-22(30)9-10-25(23)39-27-26(31-19-32-33-27)35-14-12-29(16-35)17-36(18-29)24(20(2)3)11-13-34(6)7;5-3(6)1-2-4(7)8/h9-10,15,19-21,24H,8,11-14,16-18H2,1-7H3;1-2H,(H,5,6)(H,7,8)/b;2-1+.